The van der Waals surface area contributed by atoms with E-state index in [4.69, 9.17) is 0 Å². The highest BCUT2D eigenvalue weighted by molar-refractivity contribution is 5.54. The van der Waals surface area contributed by atoms with Crippen LogP contribution in [0.2, 0.25) is 0 Å². The van der Waals surface area contributed by atoms with Crippen LogP contribution in [-0.4, -0.2) is 24.1 Å². The third kappa shape index (κ3) is 3.40. The van der Waals surface area contributed by atoms with E-state index in [2.05, 4.69) is 55.0 Å². The van der Waals surface area contributed by atoms with E-state index in [-0.39, 0.29) is 0 Å². The molecule has 1 heterocycles. The lowest BCUT2D eigenvalue weighted by atomic mass is 10.2. The molecule has 0 aromatic carbocycles. The number of hydrogen-bond donors (Lipinski definition) is 1. The third-order valence-corrected chi connectivity index (χ3v) is 2.60. The lowest BCUT2D eigenvalue weighted by molar-refractivity contribution is 0.703. The fraction of sp³-hybridized carbons (Fsp3) is 0.615. The quantitative estimate of drug-likeness (QED) is 0.800. The first kappa shape index (κ1) is 12.8. The van der Waals surface area contributed by atoms with Crippen molar-refractivity contribution in [1.29, 1.82) is 0 Å². The zero-order valence-corrected chi connectivity index (χ0v) is 10.8. The predicted octanol–water partition coefficient (Wildman–Crippen LogP) is 3.14. The van der Waals surface area contributed by atoms with Gasteiger partial charge in [0.1, 0.15) is 5.82 Å². The predicted molar refractivity (Wildman–Crippen MR) is 71.2 cm³/mol. The van der Waals surface area contributed by atoms with Gasteiger partial charge in [-0.2, -0.15) is 0 Å². The van der Waals surface area contributed by atoms with Crippen molar-refractivity contribution in [1.82, 2.24) is 4.98 Å². The normalized spacial score (nSPS) is 10.6. The van der Waals surface area contributed by atoms with Crippen molar-refractivity contribution in [3.05, 3.63) is 18.3 Å². The largest absolute Gasteiger partial charge is 0.370 e. The van der Waals surface area contributed by atoms with Gasteiger partial charge in [0.2, 0.25) is 0 Å². The van der Waals surface area contributed by atoms with Gasteiger partial charge in [-0.25, -0.2) is 4.98 Å². The molecule has 0 atom stereocenters. The lowest BCUT2D eigenvalue weighted by Gasteiger charge is -2.27. The van der Waals surface area contributed by atoms with Gasteiger partial charge in [-0.1, -0.05) is 6.92 Å². The molecule has 0 aliphatic heterocycles. The summed E-state index contributed by atoms with van der Waals surface area (Å²) >= 11 is 0. The van der Waals surface area contributed by atoms with Crippen molar-refractivity contribution in [2.75, 3.05) is 23.3 Å². The van der Waals surface area contributed by atoms with E-state index in [9.17, 15) is 0 Å². The molecule has 1 aromatic rings. The molecule has 0 fully saturated rings. The number of nitrogens with zero attached hydrogens (tertiary/aromatic N) is 2. The van der Waals surface area contributed by atoms with Gasteiger partial charge in [-0.05, 0) is 33.3 Å². The molecule has 1 aromatic heterocycles. The minimum Gasteiger partial charge on any atom is -0.370 e. The summed E-state index contributed by atoms with van der Waals surface area (Å²) in [5, 5.41) is 3.31. The molecule has 0 amide bonds. The minimum atomic E-state index is 0.520. The second-order valence-corrected chi connectivity index (χ2v) is 4.21. The van der Waals surface area contributed by atoms with Crippen LogP contribution in [-0.2, 0) is 0 Å². The van der Waals surface area contributed by atoms with Crippen LogP contribution in [0, 0.1) is 0 Å². The SMILES string of the molecule is CCCNc1cc(N(CC)C(C)C)ccn1. The van der Waals surface area contributed by atoms with E-state index in [1.165, 1.54) is 5.69 Å². The Kier molecular flexibility index (Phi) is 5.09. The van der Waals surface area contributed by atoms with Gasteiger partial charge < -0.3 is 10.2 Å². The van der Waals surface area contributed by atoms with Gasteiger partial charge >= 0.3 is 0 Å². The summed E-state index contributed by atoms with van der Waals surface area (Å²) in [6, 6.07) is 4.71. The van der Waals surface area contributed by atoms with Crippen molar-refractivity contribution in [3.63, 3.8) is 0 Å². The molecular weight excluding hydrogens is 198 g/mol. The van der Waals surface area contributed by atoms with Gasteiger partial charge in [-0.15, -0.1) is 0 Å². The van der Waals surface area contributed by atoms with E-state index in [1.807, 2.05) is 6.20 Å². The first-order valence-electron chi connectivity index (χ1n) is 6.15. The average Bonchev–Trinajstić information content (AvgIpc) is 2.27. The van der Waals surface area contributed by atoms with Gasteiger partial charge in [0.05, 0.1) is 0 Å². The van der Waals surface area contributed by atoms with Crippen LogP contribution in [0.3, 0.4) is 0 Å². The van der Waals surface area contributed by atoms with Crippen molar-refractivity contribution < 1.29 is 0 Å². The highest BCUT2D eigenvalue weighted by Crippen LogP contribution is 2.19. The van der Waals surface area contributed by atoms with Crippen molar-refractivity contribution in [3.8, 4) is 0 Å². The topological polar surface area (TPSA) is 28.2 Å². The maximum Gasteiger partial charge on any atom is 0.127 e. The van der Waals surface area contributed by atoms with Crippen LogP contribution in [0.4, 0.5) is 11.5 Å². The molecule has 0 aliphatic carbocycles. The molecule has 3 heteroatoms. The van der Waals surface area contributed by atoms with Crippen LogP contribution < -0.4 is 10.2 Å². The van der Waals surface area contributed by atoms with E-state index in [0.29, 0.717) is 6.04 Å². The standard InChI is InChI=1S/C13H23N3/c1-5-8-14-13-10-12(7-9-15-13)16(6-2)11(3)4/h7,9-11H,5-6,8H2,1-4H3,(H,14,15). The van der Waals surface area contributed by atoms with Gasteiger partial charge in [0.25, 0.3) is 0 Å². The third-order valence-electron chi connectivity index (χ3n) is 2.60. The van der Waals surface area contributed by atoms with Crippen molar-refractivity contribution in [2.45, 2.75) is 40.2 Å². The Morgan fingerprint density at radius 3 is 2.69 bits per heavy atom. The summed E-state index contributed by atoms with van der Waals surface area (Å²) in [6.07, 6.45) is 2.99. The summed E-state index contributed by atoms with van der Waals surface area (Å²) in [5.74, 6) is 0.971. The molecule has 3 nitrogen and oxygen atoms in total. The smallest absolute Gasteiger partial charge is 0.127 e. The zero-order chi connectivity index (χ0) is 12.0. The number of pyridine rings is 1. The number of anilines is 2. The van der Waals surface area contributed by atoms with Crippen LogP contribution in [0.5, 0.6) is 0 Å². The monoisotopic (exact) mass is 221 g/mol. The van der Waals surface area contributed by atoms with Crippen LogP contribution in [0.1, 0.15) is 34.1 Å². The number of rotatable bonds is 6. The average molecular weight is 221 g/mol. The highest BCUT2D eigenvalue weighted by atomic mass is 15.1. The number of nitrogens with one attached hydrogen (secondary N) is 1. The first-order chi connectivity index (χ1) is 7.69. The Morgan fingerprint density at radius 1 is 1.38 bits per heavy atom. The van der Waals surface area contributed by atoms with Gasteiger partial charge in [0, 0.05) is 37.1 Å². The first-order valence-corrected chi connectivity index (χ1v) is 6.15. The van der Waals surface area contributed by atoms with E-state index in [0.717, 1.165) is 25.3 Å². The molecule has 0 saturated heterocycles. The van der Waals surface area contributed by atoms with Crippen molar-refractivity contribution in [2.24, 2.45) is 0 Å². The van der Waals surface area contributed by atoms with E-state index >= 15 is 0 Å². The fourth-order valence-electron chi connectivity index (χ4n) is 1.79. The molecular formula is C13H23N3. The van der Waals surface area contributed by atoms with Crippen molar-refractivity contribution >= 4 is 11.5 Å². The Balaban J connectivity index is 2.79. The number of hydrogen-bond acceptors (Lipinski definition) is 3. The lowest BCUT2D eigenvalue weighted by Crippen LogP contribution is -2.30. The Hall–Kier alpha value is -1.25. The summed E-state index contributed by atoms with van der Waals surface area (Å²) in [6.45, 7) is 10.8. The molecule has 0 spiro atoms. The Labute approximate surface area is 98.9 Å². The summed E-state index contributed by atoms with van der Waals surface area (Å²) in [7, 11) is 0. The summed E-state index contributed by atoms with van der Waals surface area (Å²) in [4.78, 5) is 6.68. The van der Waals surface area contributed by atoms with E-state index < -0.39 is 0 Å². The highest BCUT2D eigenvalue weighted by Gasteiger charge is 2.08. The maximum atomic E-state index is 4.32. The second-order valence-electron chi connectivity index (χ2n) is 4.21. The molecule has 16 heavy (non-hydrogen) atoms. The molecule has 0 unspecified atom stereocenters. The zero-order valence-electron chi connectivity index (χ0n) is 10.8. The second kappa shape index (κ2) is 6.36. The van der Waals surface area contributed by atoms with Gasteiger partial charge in [0.15, 0.2) is 0 Å². The Morgan fingerprint density at radius 2 is 2.12 bits per heavy atom. The molecule has 0 radical (unpaired) electrons. The summed E-state index contributed by atoms with van der Waals surface area (Å²) < 4.78 is 0. The molecule has 0 saturated carbocycles. The molecule has 90 valence electrons. The Bertz CT molecular complexity index is 310. The minimum absolute atomic E-state index is 0.520. The molecule has 1 N–H and O–H groups in total. The maximum absolute atomic E-state index is 4.32. The number of aromatic nitrogens is 1. The van der Waals surface area contributed by atoms with Crippen LogP contribution in [0.25, 0.3) is 0 Å². The van der Waals surface area contributed by atoms with E-state index in [1.54, 1.807) is 0 Å². The summed E-state index contributed by atoms with van der Waals surface area (Å²) in [5.41, 5.74) is 1.24. The fourth-order valence-corrected chi connectivity index (χ4v) is 1.79. The van der Waals surface area contributed by atoms with Crippen LogP contribution in [0.15, 0.2) is 18.3 Å². The van der Waals surface area contributed by atoms with Crippen LogP contribution >= 0.6 is 0 Å². The van der Waals surface area contributed by atoms with Gasteiger partial charge in [-0.3, -0.25) is 0 Å². The molecule has 1 rings (SSSR count). The molecule has 0 bridgehead atoms. The molecule has 0 aliphatic rings.